The molecular formula is C9H14ClNO3. The Labute approximate surface area is 87.3 Å². The molecule has 2 heterocycles. The number of rotatable bonds is 1. The third-order valence-corrected chi connectivity index (χ3v) is 3.87. The van der Waals surface area contributed by atoms with Crippen molar-refractivity contribution in [1.29, 1.82) is 0 Å². The summed E-state index contributed by atoms with van der Waals surface area (Å²) in [6.45, 7) is 2.03. The lowest BCUT2D eigenvalue weighted by Gasteiger charge is -2.37. The van der Waals surface area contributed by atoms with Gasteiger partial charge in [0.25, 0.3) is 0 Å². The minimum absolute atomic E-state index is 0.151. The molecule has 4 nitrogen and oxygen atoms in total. The molecule has 0 saturated carbocycles. The maximum absolute atomic E-state index is 11.0. The number of aliphatic hydroxyl groups excluding tert-OH is 1. The van der Waals surface area contributed by atoms with E-state index >= 15 is 0 Å². The summed E-state index contributed by atoms with van der Waals surface area (Å²) < 4.78 is 0. The van der Waals surface area contributed by atoms with E-state index in [-0.39, 0.29) is 6.04 Å². The van der Waals surface area contributed by atoms with Gasteiger partial charge in [-0.15, -0.1) is 11.6 Å². The van der Waals surface area contributed by atoms with Crippen molar-refractivity contribution in [1.82, 2.24) is 5.32 Å². The number of fused-ring (bicyclic) bond motifs is 2. The molecule has 0 aromatic rings. The topological polar surface area (TPSA) is 69.6 Å². The molecule has 2 aliphatic heterocycles. The first-order chi connectivity index (χ1) is 6.44. The van der Waals surface area contributed by atoms with Gasteiger partial charge < -0.3 is 10.2 Å². The molecule has 0 aromatic carbocycles. The Kier molecular flexibility index (Phi) is 2.25. The van der Waals surface area contributed by atoms with Gasteiger partial charge in [0.05, 0.1) is 6.10 Å². The SMILES string of the molecule is CC1CC2(Cl)NC1CC(O)C2C(=O)O. The molecule has 14 heavy (non-hydrogen) atoms. The first-order valence-electron chi connectivity index (χ1n) is 4.81. The number of carbonyl (C=O) groups is 1. The van der Waals surface area contributed by atoms with Crippen molar-refractivity contribution < 1.29 is 15.0 Å². The van der Waals surface area contributed by atoms with Gasteiger partial charge in [-0.2, -0.15) is 0 Å². The molecule has 2 aliphatic rings. The van der Waals surface area contributed by atoms with Gasteiger partial charge in [-0.25, -0.2) is 0 Å². The van der Waals surface area contributed by atoms with Crippen molar-refractivity contribution in [2.45, 2.75) is 36.9 Å². The van der Waals surface area contributed by atoms with E-state index in [1.54, 1.807) is 0 Å². The average Bonchev–Trinajstić information content (AvgIpc) is 2.21. The van der Waals surface area contributed by atoms with Crippen LogP contribution in [0.4, 0.5) is 0 Å². The Morgan fingerprint density at radius 1 is 1.64 bits per heavy atom. The standard InChI is InChI=1S/C9H14ClNO3/c1-4-3-9(10)7(8(13)14)6(12)2-5(4)11-9/h4-7,11-12H,2-3H2,1H3,(H,13,14). The summed E-state index contributed by atoms with van der Waals surface area (Å²) in [5, 5.41) is 21.8. The summed E-state index contributed by atoms with van der Waals surface area (Å²) >= 11 is 6.20. The van der Waals surface area contributed by atoms with Crippen LogP contribution in [0.5, 0.6) is 0 Å². The number of nitrogens with one attached hydrogen (secondary N) is 1. The summed E-state index contributed by atoms with van der Waals surface area (Å²) in [6, 6.07) is 0.151. The van der Waals surface area contributed by atoms with E-state index < -0.39 is 23.0 Å². The van der Waals surface area contributed by atoms with Gasteiger partial charge in [-0.1, -0.05) is 6.92 Å². The van der Waals surface area contributed by atoms with Crippen LogP contribution in [0.1, 0.15) is 19.8 Å². The number of carboxylic acid groups (broad SMARTS) is 1. The number of carboxylic acids is 1. The van der Waals surface area contributed by atoms with Gasteiger partial charge in [0.2, 0.25) is 0 Å². The number of aliphatic hydroxyl groups is 1. The van der Waals surface area contributed by atoms with Crippen molar-refractivity contribution in [3.05, 3.63) is 0 Å². The molecule has 5 unspecified atom stereocenters. The Hall–Kier alpha value is -0.320. The largest absolute Gasteiger partial charge is 0.481 e. The molecule has 80 valence electrons. The van der Waals surface area contributed by atoms with E-state index in [1.807, 2.05) is 6.92 Å². The number of alkyl halides is 1. The zero-order chi connectivity index (χ0) is 10.5. The van der Waals surface area contributed by atoms with Crippen molar-refractivity contribution >= 4 is 17.6 Å². The smallest absolute Gasteiger partial charge is 0.312 e. The summed E-state index contributed by atoms with van der Waals surface area (Å²) in [7, 11) is 0. The zero-order valence-electron chi connectivity index (χ0n) is 7.90. The van der Waals surface area contributed by atoms with Crippen LogP contribution in [0.25, 0.3) is 0 Å². The maximum Gasteiger partial charge on any atom is 0.312 e. The fourth-order valence-electron chi connectivity index (χ4n) is 2.69. The number of halogens is 1. The normalized spacial score (nSPS) is 51.9. The van der Waals surface area contributed by atoms with E-state index in [9.17, 15) is 9.90 Å². The van der Waals surface area contributed by atoms with Gasteiger partial charge >= 0.3 is 5.97 Å². The summed E-state index contributed by atoms with van der Waals surface area (Å²) in [6.07, 6.45) is 0.251. The van der Waals surface area contributed by atoms with E-state index in [0.29, 0.717) is 18.8 Å². The van der Waals surface area contributed by atoms with Gasteiger partial charge in [0.1, 0.15) is 10.9 Å². The summed E-state index contributed by atoms with van der Waals surface area (Å²) in [5.74, 6) is -1.59. The molecule has 2 fully saturated rings. The van der Waals surface area contributed by atoms with Crippen LogP contribution in [-0.2, 0) is 4.79 Å². The third-order valence-electron chi connectivity index (χ3n) is 3.37. The fraction of sp³-hybridized carbons (Fsp3) is 0.889. The molecule has 0 amide bonds. The van der Waals surface area contributed by atoms with Gasteiger partial charge in [0, 0.05) is 6.04 Å². The predicted molar refractivity (Wildman–Crippen MR) is 51.0 cm³/mol. The van der Waals surface area contributed by atoms with Crippen molar-refractivity contribution in [3.63, 3.8) is 0 Å². The zero-order valence-corrected chi connectivity index (χ0v) is 8.66. The molecule has 2 rings (SSSR count). The Balaban J connectivity index is 2.30. The van der Waals surface area contributed by atoms with E-state index in [0.717, 1.165) is 0 Å². The number of aliphatic carboxylic acids is 1. The molecule has 5 heteroatoms. The first-order valence-corrected chi connectivity index (χ1v) is 5.19. The van der Waals surface area contributed by atoms with Crippen LogP contribution in [0.15, 0.2) is 0 Å². The second-order valence-corrected chi connectivity index (χ2v) is 5.09. The molecule has 2 saturated heterocycles. The molecule has 2 bridgehead atoms. The number of hydrogen-bond donors (Lipinski definition) is 3. The minimum Gasteiger partial charge on any atom is -0.481 e. The van der Waals surface area contributed by atoms with Crippen LogP contribution in [-0.4, -0.2) is 33.3 Å². The Bertz CT molecular complexity index is 269. The second kappa shape index (κ2) is 3.08. The Morgan fingerprint density at radius 2 is 2.29 bits per heavy atom. The fourth-order valence-corrected chi connectivity index (χ4v) is 3.31. The van der Waals surface area contributed by atoms with E-state index in [2.05, 4.69) is 5.32 Å². The third kappa shape index (κ3) is 1.33. The second-order valence-electron chi connectivity index (χ2n) is 4.41. The minimum atomic E-state index is -1.02. The predicted octanol–water partition coefficient (Wildman–Crippen LogP) is 0.385. The molecule has 0 radical (unpaired) electrons. The Morgan fingerprint density at radius 3 is 2.86 bits per heavy atom. The molecule has 0 aromatic heterocycles. The van der Waals surface area contributed by atoms with Crippen LogP contribution in [0.2, 0.25) is 0 Å². The molecule has 0 aliphatic carbocycles. The van der Waals surface area contributed by atoms with E-state index in [1.165, 1.54) is 0 Å². The van der Waals surface area contributed by atoms with Gasteiger partial charge in [-0.3, -0.25) is 10.1 Å². The highest BCUT2D eigenvalue weighted by molar-refractivity contribution is 6.25. The summed E-state index contributed by atoms with van der Waals surface area (Å²) in [5.41, 5.74) is 0. The molecular weight excluding hydrogens is 206 g/mol. The first kappa shape index (κ1) is 10.2. The maximum atomic E-state index is 11.0. The van der Waals surface area contributed by atoms with Crippen LogP contribution in [0.3, 0.4) is 0 Å². The quantitative estimate of drug-likeness (QED) is 0.441. The van der Waals surface area contributed by atoms with E-state index in [4.69, 9.17) is 16.7 Å². The molecule has 3 N–H and O–H groups in total. The average molecular weight is 220 g/mol. The van der Waals surface area contributed by atoms with Crippen LogP contribution < -0.4 is 5.32 Å². The van der Waals surface area contributed by atoms with Gasteiger partial charge in [-0.05, 0) is 18.8 Å². The molecule has 5 atom stereocenters. The lowest BCUT2D eigenvalue weighted by molar-refractivity contribution is -0.149. The van der Waals surface area contributed by atoms with Gasteiger partial charge in [0.15, 0.2) is 0 Å². The monoisotopic (exact) mass is 219 g/mol. The van der Waals surface area contributed by atoms with Crippen molar-refractivity contribution in [2.75, 3.05) is 0 Å². The lowest BCUT2D eigenvalue weighted by Crippen LogP contribution is -2.57. The highest BCUT2D eigenvalue weighted by Gasteiger charge is 2.57. The number of hydrogen-bond acceptors (Lipinski definition) is 3. The van der Waals surface area contributed by atoms with Crippen molar-refractivity contribution in [3.8, 4) is 0 Å². The highest BCUT2D eigenvalue weighted by Crippen LogP contribution is 2.45. The highest BCUT2D eigenvalue weighted by atomic mass is 35.5. The van der Waals surface area contributed by atoms with Crippen LogP contribution in [0, 0.1) is 11.8 Å². The van der Waals surface area contributed by atoms with Crippen LogP contribution >= 0.6 is 11.6 Å². The molecule has 0 spiro atoms. The number of piperidine rings is 1. The van der Waals surface area contributed by atoms with Crippen molar-refractivity contribution in [2.24, 2.45) is 11.8 Å². The summed E-state index contributed by atoms with van der Waals surface area (Å²) in [4.78, 5) is 10.0. The lowest BCUT2D eigenvalue weighted by atomic mass is 9.89.